The van der Waals surface area contributed by atoms with E-state index in [1.54, 1.807) is 0 Å². The molecule has 0 saturated heterocycles. The van der Waals surface area contributed by atoms with Crippen molar-refractivity contribution < 1.29 is 37.4 Å². The number of hydrogen-bond acceptors (Lipinski definition) is 7. The molecule has 59 heavy (non-hydrogen) atoms. The monoisotopic (exact) mass is 821 g/mol. The molecule has 8 bridgehead atoms. The first-order valence-corrected chi connectivity index (χ1v) is 23.7. The minimum Gasteiger partial charge on any atom is -0.404 e. The summed E-state index contributed by atoms with van der Waals surface area (Å²) in [4.78, 5) is 32.8. The van der Waals surface area contributed by atoms with Gasteiger partial charge in [0.25, 0.3) is 0 Å². The van der Waals surface area contributed by atoms with Crippen LogP contribution < -0.4 is 9.05 Å². The van der Waals surface area contributed by atoms with Gasteiger partial charge in [0.2, 0.25) is 0 Å². The number of aromatic amines is 1. The van der Waals surface area contributed by atoms with Crippen molar-refractivity contribution in [3.05, 3.63) is 174 Å². The van der Waals surface area contributed by atoms with Crippen LogP contribution in [-0.4, -0.2) is 36.7 Å². The largest absolute Gasteiger partial charge is 0.527 e. The summed E-state index contributed by atoms with van der Waals surface area (Å²) < 4.78 is 45.2. The molecule has 1 unspecified atom stereocenters. The predicted octanol–water partition coefficient (Wildman–Crippen LogP) is 8.94. The number of nitrogens with zero attached hydrogens (tertiary/aromatic N) is 2. The summed E-state index contributed by atoms with van der Waals surface area (Å²) in [5.74, 6) is 0.818. The fourth-order valence-electron chi connectivity index (χ4n) is 13.5. The van der Waals surface area contributed by atoms with Crippen LogP contribution in [0, 0.1) is 0 Å². The minimum absolute atomic E-state index is 0.125. The number of H-pyrrole nitrogens is 1. The second-order valence-corrected chi connectivity index (χ2v) is 20.4. The smallest absolute Gasteiger partial charge is 0.404 e. The Morgan fingerprint density at radius 2 is 0.915 bits per heavy atom. The average Bonchev–Trinajstić information content (AvgIpc) is 4.08. The van der Waals surface area contributed by atoms with Crippen LogP contribution in [0.3, 0.4) is 0 Å². The number of fused-ring (bicyclic) bond motifs is 32. The zero-order chi connectivity index (χ0) is 39.3. The van der Waals surface area contributed by atoms with Crippen molar-refractivity contribution >= 4 is 15.6 Å². The van der Waals surface area contributed by atoms with E-state index in [9.17, 15) is 23.8 Å². The molecule has 8 aliphatic rings. The Bertz CT molecular complexity index is 2860. The lowest BCUT2D eigenvalue weighted by Crippen LogP contribution is -2.17. The molecular formula is C46H37N3O8P2. The first kappa shape index (κ1) is 33.9. The summed E-state index contributed by atoms with van der Waals surface area (Å²) in [7, 11) is -9.80. The van der Waals surface area contributed by atoms with Gasteiger partial charge in [-0.1, -0.05) is 72.8 Å². The fraction of sp³-hybridized carbons (Fsp3) is 0.304. The van der Waals surface area contributed by atoms with Crippen molar-refractivity contribution in [1.29, 1.82) is 0 Å². The molecule has 0 saturated carbocycles. The molecule has 0 aliphatic heterocycles. The van der Waals surface area contributed by atoms with E-state index >= 15 is 0 Å². The Morgan fingerprint density at radius 3 is 1.29 bits per heavy atom. The summed E-state index contributed by atoms with van der Waals surface area (Å²) in [6.45, 7) is -0.125. The van der Waals surface area contributed by atoms with Gasteiger partial charge in [-0.3, -0.25) is 19.2 Å². The molecule has 4 N–H and O–H groups in total. The highest BCUT2D eigenvalue weighted by Gasteiger charge is 2.56. The lowest BCUT2D eigenvalue weighted by molar-refractivity contribution is 0.203. The Kier molecular flexibility index (Phi) is 6.49. The molecule has 11 nitrogen and oxygen atoms in total. The van der Waals surface area contributed by atoms with Crippen LogP contribution in [0.15, 0.2) is 79.0 Å². The van der Waals surface area contributed by atoms with Crippen LogP contribution in [-0.2, 0) is 20.1 Å². The molecule has 1 heterocycles. The number of rotatable bonds is 8. The van der Waals surface area contributed by atoms with Gasteiger partial charge in [0.1, 0.15) is 11.5 Å². The van der Waals surface area contributed by atoms with Gasteiger partial charge in [-0.15, -0.1) is 0 Å². The molecule has 6 aromatic rings. The summed E-state index contributed by atoms with van der Waals surface area (Å²) in [6, 6.07) is 26.8. The molecule has 0 fully saturated rings. The summed E-state index contributed by atoms with van der Waals surface area (Å²) in [6.07, 6.45) is 5.15. The SMILES string of the molecule is O=P(O)(O)Oc1c2c(c(OP(=O)(O)OCCc3cn[nH]n3)c3c1[C@H]1C[C@@H]3c3cc4c(cc31)[C@H]1C[C@@H]4c3ccccc31)[C@H]1C[C@@H]2c2cc3c(cc21)[C@H]1C[C@@H]3c2ccccc21. The number of phosphoric ester groups is 2. The second-order valence-electron chi connectivity index (χ2n) is 17.8. The van der Waals surface area contributed by atoms with E-state index in [0.29, 0.717) is 70.2 Å². The van der Waals surface area contributed by atoms with Gasteiger partial charge in [-0.25, -0.2) is 9.13 Å². The maximum atomic E-state index is 14.2. The lowest BCUT2D eigenvalue weighted by atomic mass is 9.74. The highest BCUT2D eigenvalue weighted by atomic mass is 31.2. The maximum Gasteiger partial charge on any atom is 0.527 e. The van der Waals surface area contributed by atoms with Crippen LogP contribution in [0.1, 0.15) is 168 Å². The lowest BCUT2D eigenvalue weighted by Gasteiger charge is -2.33. The standard InChI is InChI=1S/C46H37N3O8P2/c50-58(51,52)56-45-41-37-17-39(35-15-31-27-11-25(29(31)13-33(35)37)21-5-1-3-7-23(21)27)43(41)46(57-59(53,54)55-10-9-20-19-47-49-48-20)44-40-18-38(42(44)45)34-14-30-26-12-28(32(30)16-36(34)40)24-8-4-2-6-22(24)26/h1-8,13-16,19,25-28,37-40H,9-12,17-18H2,(H,53,54)(H,47,48,49)(H2,50,51,52)/t25-,26+,27+,28-,37-,38+,39+,40-. The molecule has 0 amide bonds. The van der Waals surface area contributed by atoms with Crippen molar-refractivity contribution in [2.75, 3.05) is 6.61 Å². The molecule has 0 spiro atoms. The Hall–Kier alpha value is -4.86. The number of nitrogens with one attached hydrogen (secondary N) is 1. The highest BCUT2D eigenvalue weighted by Crippen LogP contribution is 2.73. The number of phosphoric acid groups is 2. The zero-order valence-corrected chi connectivity index (χ0v) is 33.3. The molecule has 1 aromatic heterocycles. The topological polar surface area (TPSA) is 164 Å². The Balaban J connectivity index is 0.953. The van der Waals surface area contributed by atoms with Crippen LogP contribution in [0.4, 0.5) is 0 Å². The third-order valence-electron chi connectivity index (χ3n) is 15.4. The van der Waals surface area contributed by atoms with Crippen molar-refractivity contribution in [1.82, 2.24) is 15.4 Å². The summed E-state index contributed by atoms with van der Waals surface area (Å²) >= 11 is 0. The molecular weight excluding hydrogens is 784 g/mol. The van der Waals surface area contributed by atoms with Crippen molar-refractivity contribution in [3.63, 3.8) is 0 Å². The van der Waals surface area contributed by atoms with E-state index in [0.717, 1.165) is 35.1 Å². The normalized spacial score (nSPS) is 27.8. The summed E-state index contributed by atoms with van der Waals surface area (Å²) in [5, 5.41) is 10.4. The number of hydrogen-bond donors (Lipinski definition) is 4. The van der Waals surface area contributed by atoms with Gasteiger partial charge in [0, 0.05) is 76.0 Å². The van der Waals surface area contributed by atoms with Crippen molar-refractivity contribution in [2.24, 2.45) is 0 Å². The van der Waals surface area contributed by atoms with Crippen molar-refractivity contribution in [3.8, 4) is 11.5 Å². The molecule has 294 valence electrons. The van der Waals surface area contributed by atoms with E-state index in [-0.39, 0.29) is 42.4 Å². The van der Waals surface area contributed by atoms with E-state index in [1.807, 2.05) is 0 Å². The van der Waals surface area contributed by atoms with Gasteiger partial charge >= 0.3 is 15.6 Å². The van der Waals surface area contributed by atoms with E-state index < -0.39 is 15.6 Å². The number of aromatic nitrogens is 3. The maximum absolute atomic E-state index is 14.2. The Labute approximate surface area is 338 Å². The minimum atomic E-state index is -5.06. The van der Waals surface area contributed by atoms with Crippen LogP contribution in [0.5, 0.6) is 11.5 Å². The average molecular weight is 822 g/mol. The van der Waals surface area contributed by atoms with E-state index in [1.165, 1.54) is 50.7 Å². The Morgan fingerprint density at radius 1 is 0.542 bits per heavy atom. The first-order valence-electron chi connectivity index (χ1n) is 20.6. The molecule has 13 heteroatoms. The molecule has 0 radical (unpaired) electrons. The van der Waals surface area contributed by atoms with Crippen LogP contribution in [0.25, 0.3) is 0 Å². The van der Waals surface area contributed by atoms with Crippen LogP contribution in [0.2, 0.25) is 0 Å². The van der Waals surface area contributed by atoms with Crippen molar-refractivity contribution in [2.45, 2.75) is 79.4 Å². The van der Waals surface area contributed by atoms with E-state index in [2.05, 4.69) is 88.2 Å². The fourth-order valence-corrected chi connectivity index (χ4v) is 14.7. The molecule has 14 rings (SSSR count). The van der Waals surface area contributed by atoms with Gasteiger partial charge < -0.3 is 9.05 Å². The number of benzene rings is 5. The summed E-state index contributed by atoms with van der Waals surface area (Å²) in [5.41, 5.74) is 18.7. The van der Waals surface area contributed by atoms with Crippen LogP contribution >= 0.6 is 15.6 Å². The zero-order valence-electron chi connectivity index (χ0n) is 31.5. The van der Waals surface area contributed by atoms with Gasteiger partial charge in [0.15, 0.2) is 0 Å². The van der Waals surface area contributed by atoms with Gasteiger partial charge in [-0.05, 0) is 92.4 Å². The first-order chi connectivity index (χ1) is 28.6. The van der Waals surface area contributed by atoms with E-state index in [4.69, 9.17) is 13.6 Å². The third-order valence-corrected chi connectivity index (χ3v) is 16.7. The quantitative estimate of drug-likeness (QED) is 0.109. The highest BCUT2D eigenvalue weighted by molar-refractivity contribution is 7.47. The molecule has 5 aromatic carbocycles. The molecule has 8 aliphatic carbocycles. The second kappa shape index (κ2) is 11.3. The van der Waals surface area contributed by atoms with Gasteiger partial charge in [0.05, 0.1) is 18.5 Å². The third kappa shape index (κ3) is 4.43. The van der Waals surface area contributed by atoms with Gasteiger partial charge in [-0.2, -0.15) is 15.4 Å². The predicted molar refractivity (Wildman–Crippen MR) is 215 cm³/mol. The molecule has 9 atom stereocenters.